The molecule has 0 saturated carbocycles. The van der Waals surface area contributed by atoms with Crippen molar-refractivity contribution in [2.75, 3.05) is 19.8 Å². The summed E-state index contributed by atoms with van der Waals surface area (Å²) >= 11 is 7.21. The molecule has 0 fully saturated rings. The van der Waals surface area contributed by atoms with Crippen molar-refractivity contribution in [2.24, 2.45) is 0 Å². The van der Waals surface area contributed by atoms with E-state index in [0.717, 1.165) is 72.5 Å². The van der Waals surface area contributed by atoms with Gasteiger partial charge in [0.05, 0.1) is 30.5 Å². The van der Waals surface area contributed by atoms with E-state index < -0.39 is 0 Å². The standard InChI is InChI=1S/C42H57I3N3O3/c1-4-7-10-13-25-49-40-37(31-46-22-16-19-34(43)28-46)41(50-26-14-11-8-5-2)39(33-48-24-18-21-36(45)30-48)42(51-27-15-12-9-6-3)38(40)32-47-23-17-20-35(44)29-47/h16-24,28-30H,4-15,25-27,31-33H2,1-3H3/q+3. The van der Waals surface area contributed by atoms with Crippen LogP contribution < -0.4 is 27.9 Å². The molecule has 3 aromatic heterocycles. The van der Waals surface area contributed by atoms with Crippen LogP contribution in [0.15, 0.2) is 73.6 Å². The first-order valence-electron chi connectivity index (χ1n) is 19.0. The van der Waals surface area contributed by atoms with Crippen LogP contribution >= 0.6 is 67.8 Å². The number of benzene rings is 1. The predicted octanol–water partition coefficient (Wildman–Crippen LogP) is 10.4. The maximum absolute atomic E-state index is 7.02. The molecule has 0 bridgehead atoms. The molecular formula is C42H57I3N3O3+3. The summed E-state index contributed by atoms with van der Waals surface area (Å²) in [7, 11) is 0. The number of rotatable bonds is 24. The van der Waals surface area contributed by atoms with Crippen molar-refractivity contribution < 1.29 is 27.9 Å². The molecule has 51 heavy (non-hydrogen) atoms. The van der Waals surface area contributed by atoms with Crippen molar-refractivity contribution in [3.63, 3.8) is 0 Å². The third-order valence-corrected chi connectivity index (χ3v) is 10.8. The fourth-order valence-electron chi connectivity index (χ4n) is 6.23. The van der Waals surface area contributed by atoms with Gasteiger partial charge in [0, 0.05) is 18.2 Å². The van der Waals surface area contributed by atoms with Crippen LogP contribution in [-0.2, 0) is 19.6 Å². The highest BCUT2D eigenvalue weighted by Crippen LogP contribution is 2.45. The van der Waals surface area contributed by atoms with E-state index in [0.29, 0.717) is 39.5 Å². The highest BCUT2D eigenvalue weighted by Gasteiger charge is 2.33. The lowest BCUT2D eigenvalue weighted by Crippen LogP contribution is -2.38. The number of hydrogen-bond acceptors (Lipinski definition) is 3. The van der Waals surface area contributed by atoms with Crippen LogP contribution in [-0.4, -0.2) is 19.8 Å². The van der Waals surface area contributed by atoms with Crippen LogP contribution in [0.4, 0.5) is 0 Å². The minimum atomic E-state index is 0.635. The minimum absolute atomic E-state index is 0.635. The zero-order chi connectivity index (χ0) is 36.3. The third-order valence-electron chi connectivity index (χ3n) is 8.87. The van der Waals surface area contributed by atoms with Gasteiger partial charge >= 0.3 is 0 Å². The third kappa shape index (κ3) is 14.2. The van der Waals surface area contributed by atoms with Gasteiger partial charge in [0.1, 0.15) is 33.9 Å². The van der Waals surface area contributed by atoms with Gasteiger partial charge in [-0.3, -0.25) is 0 Å². The lowest BCUT2D eigenvalue weighted by atomic mass is 9.98. The van der Waals surface area contributed by atoms with Gasteiger partial charge in [-0.15, -0.1) is 0 Å². The minimum Gasteiger partial charge on any atom is -0.492 e. The molecule has 0 aliphatic rings. The lowest BCUT2D eigenvalue weighted by molar-refractivity contribution is -0.691. The Morgan fingerprint density at radius 3 is 0.980 bits per heavy atom. The summed E-state index contributed by atoms with van der Waals surface area (Å²) in [6.07, 6.45) is 26.8. The van der Waals surface area contributed by atoms with Gasteiger partial charge in [0.2, 0.25) is 0 Å². The highest BCUT2D eigenvalue weighted by atomic mass is 127. The van der Waals surface area contributed by atoms with Gasteiger partial charge in [0.15, 0.2) is 56.8 Å². The van der Waals surface area contributed by atoms with Crippen molar-refractivity contribution in [2.45, 2.75) is 117 Å². The van der Waals surface area contributed by atoms with Crippen molar-refractivity contribution >= 4 is 67.8 Å². The molecule has 3 heterocycles. The zero-order valence-corrected chi connectivity index (χ0v) is 37.3. The van der Waals surface area contributed by atoms with Crippen LogP contribution in [0.5, 0.6) is 17.2 Å². The lowest BCUT2D eigenvalue weighted by Gasteiger charge is -2.24. The number of ether oxygens (including phenoxy) is 3. The predicted molar refractivity (Wildman–Crippen MR) is 231 cm³/mol. The normalized spacial score (nSPS) is 11.2. The Hall–Kier alpha value is -1.74. The molecule has 0 atom stereocenters. The summed E-state index contributed by atoms with van der Waals surface area (Å²) in [4.78, 5) is 0. The Morgan fingerprint density at radius 2 is 0.725 bits per heavy atom. The number of halogens is 3. The van der Waals surface area contributed by atoms with E-state index in [1.165, 1.54) is 49.2 Å². The molecule has 0 N–H and O–H groups in total. The van der Waals surface area contributed by atoms with Gasteiger partial charge in [-0.2, -0.15) is 13.7 Å². The van der Waals surface area contributed by atoms with E-state index in [-0.39, 0.29) is 0 Å². The van der Waals surface area contributed by atoms with Crippen LogP contribution in [0.2, 0.25) is 0 Å². The van der Waals surface area contributed by atoms with Crippen LogP contribution in [0.25, 0.3) is 0 Å². The Labute approximate surface area is 348 Å². The maximum Gasteiger partial charge on any atom is 0.182 e. The molecule has 4 rings (SSSR count). The van der Waals surface area contributed by atoms with E-state index in [4.69, 9.17) is 14.2 Å². The highest BCUT2D eigenvalue weighted by molar-refractivity contribution is 14.1. The molecule has 0 amide bonds. The summed E-state index contributed by atoms with van der Waals surface area (Å²) in [5, 5.41) is 0. The fourth-order valence-corrected chi connectivity index (χ4v) is 7.93. The van der Waals surface area contributed by atoms with E-state index in [9.17, 15) is 0 Å². The summed E-state index contributed by atoms with van der Waals surface area (Å²) in [6.45, 7) is 10.6. The average molecular weight is 1030 g/mol. The van der Waals surface area contributed by atoms with E-state index in [2.05, 4.69) is 176 Å². The van der Waals surface area contributed by atoms with Gasteiger partial charge in [-0.05, 0) is 105 Å². The molecule has 0 unspecified atom stereocenters. The second-order valence-corrected chi connectivity index (χ2v) is 17.0. The first kappa shape index (κ1) is 42.0. The van der Waals surface area contributed by atoms with Gasteiger partial charge in [-0.1, -0.05) is 78.6 Å². The smallest absolute Gasteiger partial charge is 0.182 e. The largest absolute Gasteiger partial charge is 0.492 e. The van der Waals surface area contributed by atoms with Crippen molar-refractivity contribution in [1.29, 1.82) is 0 Å². The Bertz CT molecular complexity index is 1420. The molecule has 276 valence electrons. The van der Waals surface area contributed by atoms with Gasteiger partial charge in [0.25, 0.3) is 0 Å². The summed E-state index contributed by atoms with van der Waals surface area (Å²) < 4.78 is 31.4. The first-order valence-corrected chi connectivity index (χ1v) is 22.2. The Morgan fingerprint density at radius 1 is 0.431 bits per heavy atom. The molecule has 0 spiro atoms. The summed E-state index contributed by atoms with van der Waals surface area (Å²) in [5.74, 6) is 2.73. The summed E-state index contributed by atoms with van der Waals surface area (Å²) in [5.41, 5.74) is 3.27. The fraction of sp³-hybridized carbons (Fsp3) is 0.500. The molecule has 9 heteroatoms. The topological polar surface area (TPSA) is 39.3 Å². The van der Waals surface area contributed by atoms with Crippen molar-refractivity contribution in [3.8, 4) is 17.2 Å². The maximum atomic E-state index is 7.02. The second-order valence-electron chi connectivity index (χ2n) is 13.2. The molecule has 0 radical (unpaired) electrons. The number of aromatic nitrogens is 3. The van der Waals surface area contributed by atoms with Crippen LogP contribution in [0.3, 0.4) is 0 Å². The Balaban J connectivity index is 1.99. The molecular weight excluding hydrogens is 975 g/mol. The SMILES string of the molecule is CCCCCCOc1c(C[n+]2cccc(I)c2)c(OCCCCCC)c(C[n+]2cccc(I)c2)c(OCCCCCC)c1C[n+]1cccc(I)c1. The molecule has 6 nitrogen and oxygen atoms in total. The van der Waals surface area contributed by atoms with Crippen molar-refractivity contribution in [1.82, 2.24) is 0 Å². The zero-order valence-electron chi connectivity index (χ0n) is 30.9. The number of pyridine rings is 3. The Kier molecular flexibility index (Phi) is 19.6. The van der Waals surface area contributed by atoms with Gasteiger partial charge in [-0.25, -0.2) is 0 Å². The summed E-state index contributed by atoms with van der Waals surface area (Å²) in [6, 6.07) is 12.8. The molecule has 4 aromatic rings. The number of unbranched alkanes of at least 4 members (excludes halogenated alkanes) is 9. The molecule has 0 aliphatic carbocycles. The van der Waals surface area contributed by atoms with E-state index >= 15 is 0 Å². The first-order chi connectivity index (χ1) is 24.9. The number of nitrogens with zero attached hydrogens (tertiary/aromatic N) is 3. The van der Waals surface area contributed by atoms with Crippen LogP contribution in [0.1, 0.15) is 115 Å². The van der Waals surface area contributed by atoms with E-state index in [1.54, 1.807) is 0 Å². The van der Waals surface area contributed by atoms with Crippen molar-refractivity contribution in [3.05, 3.63) is 101 Å². The second kappa shape index (κ2) is 23.8. The molecule has 1 aromatic carbocycles. The van der Waals surface area contributed by atoms with E-state index in [1.807, 2.05) is 0 Å². The monoisotopic (exact) mass is 1030 g/mol. The molecule has 0 aliphatic heterocycles. The molecule has 0 saturated heterocycles. The van der Waals surface area contributed by atoms with Gasteiger partial charge < -0.3 is 14.2 Å². The average Bonchev–Trinajstić information content (AvgIpc) is 3.11. The van der Waals surface area contributed by atoms with Crippen LogP contribution in [0, 0.1) is 10.7 Å². The quantitative estimate of drug-likeness (QED) is 0.0399. The number of hydrogen-bond donors (Lipinski definition) is 0.